The summed E-state index contributed by atoms with van der Waals surface area (Å²) in [4.78, 5) is 12.3. The maximum Gasteiger partial charge on any atom is 0.230 e. The lowest BCUT2D eigenvalue weighted by molar-refractivity contribution is -0.119. The Morgan fingerprint density at radius 1 is 1.10 bits per heavy atom. The minimum atomic E-state index is -0.0129. The van der Waals surface area contributed by atoms with Crippen molar-refractivity contribution in [3.05, 3.63) is 59.1 Å². The summed E-state index contributed by atoms with van der Waals surface area (Å²) in [5.74, 6) is 0.993. The lowest BCUT2D eigenvalue weighted by Gasteiger charge is -2.19. The molecule has 1 aromatic heterocycles. The van der Waals surface area contributed by atoms with Crippen LogP contribution in [0, 0.1) is 0 Å². The number of rotatable bonds is 7. The first-order chi connectivity index (χ1) is 14.7. The van der Waals surface area contributed by atoms with Crippen LogP contribution in [0.15, 0.2) is 53.7 Å². The molecule has 0 aliphatic heterocycles. The minimum absolute atomic E-state index is 0.0129. The molecule has 0 spiro atoms. The van der Waals surface area contributed by atoms with E-state index in [1.165, 1.54) is 17.3 Å². The molecule has 0 unspecified atom stereocenters. The topological polar surface area (TPSA) is 59.8 Å². The van der Waals surface area contributed by atoms with Crippen molar-refractivity contribution in [2.45, 2.75) is 57.7 Å². The van der Waals surface area contributed by atoms with Crippen LogP contribution in [0.2, 0.25) is 5.02 Å². The van der Waals surface area contributed by atoms with Crippen LogP contribution < -0.4 is 5.32 Å². The summed E-state index contributed by atoms with van der Waals surface area (Å²) in [5, 5.41) is 13.2. The van der Waals surface area contributed by atoms with Crippen molar-refractivity contribution >= 4 is 29.3 Å². The van der Waals surface area contributed by atoms with Gasteiger partial charge in [-0.3, -0.25) is 9.36 Å². The molecule has 0 fully saturated rings. The second-order valence-electron chi connectivity index (χ2n) is 8.61. The van der Waals surface area contributed by atoms with E-state index in [0.29, 0.717) is 10.2 Å². The predicted molar refractivity (Wildman–Crippen MR) is 129 cm³/mol. The van der Waals surface area contributed by atoms with Gasteiger partial charge in [-0.05, 0) is 48.6 Å². The van der Waals surface area contributed by atoms with E-state index in [1.807, 2.05) is 42.7 Å². The van der Waals surface area contributed by atoms with Crippen molar-refractivity contribution < 1.29 is 4.79 Å². The first-order valence-corrected chi connectivity index (χ1v) is 11.8. The van der Waals surface area contributed by atoms with Crippen molar-refractivity contribution in [3.8, 4) is 17.1 Å². The van der Waals surface area contributed by atoms with Crippen molar-refractivity contribution in [2.24, 2.45) is 0 Å². The Morgan fingerprint density at radius 3 is 2.32 bits per heavy atom. The van der Waals surface area contributed by atoms with Crippen molar-refractivity contribution in [2.75, 3.05) is 5.75 Å². The average molecular weight is 457 g/mol. The average Bonchev–Trinajstić information content (AvgIpc) is 3.16. The summed E-state index contributed by atoms with van der Waals surface area (Å²) in [5.41, 5.74) is 3.19. The minimum Gasteiger partial charge on any atom is -0.353 e. The van der Waals surface area contributed by atoms with Crippen LogP contribution in [0.5, 0.6) is 0 Å². The van der Waals surface area contributed by atoms with E-state index in [0.717, 1.165) is 23.5 Å². The summed E-state index contributed by atoms with van der Waals surface area (Å²) < 4.78 is 1.98. The second-order valence-corrected chi connectivity index (χ2v) is 9.99. The molecular formula is C24H29ClN4OS. The number of hydrogen-bond acceptors (Lipinski definition) is 4. The van der Waals surface area contributed by atoms with Gasteiger partial charge in [0.1, 0.15) is 0 Å². The number of carbonyl (C=O) groups excluding carboxylic acids is 1. The molecule has 0 aliphatic carbocycles. The van der Waals surface area contributed by atoms with E-state index < -0.39 is 0 Å². The maximum atomic E-state index is 12.3. The van der Waals surface area contributed by atoms with Crippen molar-refractivity contribution in [1.82, 2.24) is 20.1 Å². The fourth-order valence-electron chi connectivity index (χ4n) is 3.04. The number of thioether (sulfide) groups is 1. The highest BCUT2D eigenvalue weighted by atomic mass is 35.5. The monoisotopic (exact) mass is 456 g/mol. The van der Waals surface area contributed by atoms with E-state index in [9.17, 15) is 4.79 Å². The van der Waals surface area contributed by atoms with Gasteiger partial charge in [-0.15, -0.1) is 10.2 Å². The van der Waals surface area contributed by atoms with Gasteiger partial charge in [0.2, 0.25) is 5.91 Å². The first kappa shape index (κ1) is 23.4. The molecule has 31 heavy (non-hydrogen) atoms. The van der Waals surface area contributed by atoms with Crippen LogP contribution in [0.4, 0.5) is 0 Å². The normalized spacial score (nSPS) is 12.6. The van der Waals surface area contributed by atoms with Crippen molar-refractivity contribution in [1.29, 1.82) is 0 Å². The molecule has 1 N–H and O–H groups in total. The number of hydrogen-bond donors (Lipinski definition) is 1. The van der Waals surface area contributed by atoms with Crippen molar-refractivity contribution in [3.63, 3.8) is 0 Å². The Kier molecular flexibility index (Phi) is 7.44. The Labute approximate surface area is 193 Å². The molecule has 164 valence electrons. The van der Waals surface area contributed by atoms with Gasteiger partial charge in [0.25, 0.3) is 0 Å². The fourth-order valence-corrected chi connectivity index (χ4v) is 3.93. The summed E-state index contributed by atoms with van der Waals surface area (Å²) in [6, 6.07) is 16.1. The van der Waals surface area contributed by atoms with Gasteiger partial charge in [0.15, 0.2) is 11.0 Å². The van der Waals surface area contributed by atoms with Crippen LogP contribution >= 0.6 is 23.4 Å². The third-order valence-corrected chi connectivity index (χ3v) is 6.26. The highest BCUT2D eigenvalue weighted by Gasteiger charge is 2.19. The highest BCUT2D eigenvalue weighted by Crippen LogP contribution is 2.30. The zero-order chi connectivity index (χ0) is 22.6. The first-order valence-electron chi connectivity index (χ1n) is 10.4. The number of benzene rings is 2. The molecule has 2 aromatic carbocycles. The van der Waals surface area contributed by atoms with Gasteiger partial charge in [0, 0.05) is 22.3 Å². The summed E-state index contributed by atoms with van der Waals surface area (Å²) in [6.45, 7) is 10.6. The lowest BCUT2D eigenvalue weighted by Crippen LogP contribution is -2.33. The van der Waals surface area contributed by atoms with Crippen LogP contribution in [0.1, 0.15) is 46.6 Å². The number of nitrogens with zero attached hydrogens (tertiary/aromatic N) is 3. The highest BCUT2D eigenvalue weighted by molar-refractivity contribution is 7.99. The number of amides is 1. The number of halogens is 1. The Hall–Kier alpha value is -2.31. The molecule has 0 radical (unpaired) electrons. The molecule has 1 atom stereocenters. The smallest absolute Gasteiger partial charge is 0.230 e. The number of aromatic nitrogens is 3. The zero-order valence-electron chi connectivity index (χ0n) is 18.6. The molecule has 3 aromatic rings. The van der Waals surface area contributed by atoms with E-state index in [2.05, 4.69) is 60.6 Å². The second kappa shape index (κ2) is 9.88. The van der Waals surface area contributed by atoms with Gasteiger partial charge in [-0.25, -0.2) is 0 Å². The van der Waals surface area contributed by atoms with Gasteiger partial charge in [0.05, 0.1) is 5.75 Å². The molecule has 0 saturated heterocycles. The van der Waals surface area contributed by atoms with E-state index in [-0.39, 0.29) is 23.1 Å². The predicted octanol–water partition coefficient (Wildman–Crippen LogP) is 5.89. The molecule has 1 amide bonds. The Morgan fingerprint density at radius 2 is 1.74 bits per heavy atom. The standard InChI is InChI=1S/C24H29ClN4OS/c1-6-16(2)26-21(30)15-31-23-28-27-22(29(23)20-13-11-19(25)12-14-20)17-7-9-18(10-8-17)24(3,4)5/h7-14,16H,6,15H2,1-5H3,(H,26,30)/t16-/m1/s1. The molecule has 0 saturated carbocycles. The fraction of sp³-hybridized carbons (Fsp3) is 0.375. The van der Waals surface area contributed by atoms with E-state index >= 15 is 0 Å². The molecule has 5 nitrogen and oxygen atoms in total. The van der Waals surface area contributed by atoms with Crippen LogP contribution in [-0.2, 0) is 10.2 Å². The third kappa shape index (κ3) is 5.89. The van der Waals surface area contributed by atoms with E-state index in [1.54, 1.807) is 0 Å². The number of carbonyl (C=O) groups is 1. The SMILES string of the molecule is CC[C@@H](C)NC(=O)CSc1nnc(-c2ccc(C(C)(C)C)cc2)n1-c1ccc(Cl)cc1. The molecule has 0 bridgehead atoms. The molecular weight excluding hydrogens is 428 g/mol. The maximum absolute atomic E-state index is 12.3. The molecule has 7 heteroatoms. The Balaban J connectivity index is 1.94. The van der Waals surface area contributed by atoms with Gasteiger partial charge in [-0.2, -0.15) is 0 Å². The van der Waals surface area contributed by atoms with Gasteiger partial charge >= 0.3 is 0 Å². The van der Waals surface area contributed by atoms with Gasteiger partial charge in [-0.1, -0.05) is 75.3 Å². The van der Waals surface area contributed by atoms with Gasteiger partial charge < -0.3 is 5.32 Å². The summed E-state index contributed by atoms with van der Waals surface area (Å²) >= 11 is 7.47. The van der Waals surface area contributed by atoms with E-state index in [4.69, 9.17) is 11.6 Å². The number of nitrogens with one attached hydrogen (secondary N) is 1. The van der Waals surface area contributed by atoms with Crippen LogP contribution in [0.3, 0.4) is 0 Å². The van der Waals surface area contributed by atoms with Crippen LogP contribution in [-0.4, -0.2) is 32.5 Å². The molecule has 3 rings (SSSR count). The molecule has 0 aliphatic rings. The lowest BCUT2D eigenvalue weighted by atomic mass is 9.87. The zero-order valence-corrected chi connectivity index (χ0v) is 20.2. The quantitative estimate of drug-likeness (QED) is 0.450. The van der Waals surface area contributed by atoms with Crippen LogP contribution in [0.25, 0.3) is 17.1 Å². The largest absolute Gasteiger partial charge is 0.353 e. The summed E-state index contributed by atoms with van der Waals surface area (Å²) in [7, 11) is 0. The summed E-state index contributed by atoms with van der Waals surface area (Å²) in [6.07, 6.45) is 0.895. The Bertz CT molecular complexity index is 1020. The molecule has 1 heterocycles. The third-order valence-electron chi connectivity index (χ3n) is 5.08.